The SMILES string of the molecule is CCN1CCN(c2ccccc2NC(=O)CCn2ccc3ccccc32)CC1. The number of piperazine rings is 1. The highest BCUT2D eigenvalue weighted by Gasteiger charge is 2.18. The van der Waals surface area contributed by atoms with E-state index < -0.39 is 0 Å². The minimum absolute atomic E-state index is 0.0532. The summed E-state index contributed by atoms with van der Waals surface area (Å²) in [6.45, 7) is 8.11. The van der Waals surface area contributed by atoms with Crippen LogP contribution in [0.1, 0.15) is 13.3 Å². The van der Waals surface area contributed by atoms with Gasteiger partial charge in [-0.15, -0.1) is 0 Å². The molecule has 146 valence electrons. The molecular formula is C23H28N4O. The molecule has 1 aliphatic heterocycles. The van der Waals surface area contributed by atoms with Crippen LogP contribution in [0.5, 0.6) is 0 Å². The maximum Gasteiger partial charge on any atom is 0.226 e. The van der Waals surface area contributed by atoms with E-state index in [1.807, 2.05) is 30.3 Å². The van der Waals surface area contributed by atoms with Crippen molar-refractivity contribution in [3.05, 3.63) is 60.8 Å². The normalized spacial score (nSPS) is 15.1. The molecule has 3 aromatic rings. The van der Waals surface area contributed by atoms with Gasteiger partial charge in [0.2, 0.25) is 5.91 Å². The average molecular weight is 377 g/mol. The number of aromatic nitrogens is 1. The maximum atomic E-state index is 12.6. The fourth-order valence-corrected chi connectivity index (χ4v) is 3.93. The van der Waals surface area contributed by atoms with Gasteiger partial charge in [0.1, 0.15) is 0 Å². The molecule has 1 amide bonds. The van der Waals surface area contributed by atoms with E-state index in [1.165, 1.54) is 10.9 Å². The molecule has 2 heterocycles. The molecule has 28 heavy (non-hydrogen) atoms. The van der Waals surface area contributed by atoms with Crippen LogP contribution < -0.4 is 10.2 Å². The smallest absolute Gasteiger partial charge is 0.226 e. The third-order valence-electron chi connectivity index (χ3n) is 5.60. The number of hydrogen-bond donors (Lipinski definition) is 1. The molecule has 1 aliphatic rings. The monoisotopic (exact) mass is 376 g/mol. The number of amides is 1. The van der Waals surface area contributed by atoms with Crippen LogP contribution in [0.15, 0.2) is 60.8 Å². The van der Waals surface area contributed by atoms with Crippen molar-refractivity contribution in [2.24, 2.45) is 0 Å². The number of nitrogens with zero attached hydrogens (tertiary/aromatic N) is 3. The number of likely N-dealkylation sites (N-methyl/N-ethyl adjacent to an activating group) is 1. The topological polar surface area (TPSA) is 40.5 Å². The summed E-state index contributed by atoms with van der Waals surface area (Å²) in [5.74, 6) is 0.0532. The minimum Gasteiger partial charge on any atom is -0.367 e. The van der Waals surface area contributed by atoms with Crippen molar-refractivity contribution in [1.82, 2.24) is 9.47 Å². The largest absolute Gasteiger partial charge is 0.367 e. The van der Waals surface area contributed by atoms with Gasteiger partial charge in [0.15, 0.2) is 0 Å². The lowest BCUT2D eigenvalue weighted by molar-refractivity contribution is -0.116. The van der Waals surface area contributed by atoms with Crippen molar-refractivity contribution in [3.8, 4) is 0 Å². The standard InChI is InChI=1S/C23H28N4O/c1-2-25-15-17-27(18-16-25)22-10-6-4-8-20(22)24-23(28)12-14-26-13-11-19-7-3-5-9-21(19)26/h3-11,13H,2,12,14-18H2,1H3,(H,24,28). The van der Waals surface area contributed by atoms with Gasteiger partial charge < -0.3 is 19.7 Å². The van der Waals surface area contributed by atoms with Gasteiger partial charge in [-0.3, -0.25) is 4.79 Å². The summed E-state index contributed by atoms with van der Waals surface area (Å²) in [7, 11) is 0. The molecule has 1 fully saturated rings. The second-order valence-electron chi connectivity index (χ2n) is 7.30. The van der Waals surface area contributed by atoms with Gasteiger partial charge in [-0.25, -0.2) is 0 Å². The summed E-state index contributed by atoms with van der Waals surface area (Å²) in [5.41, 5.74) is 3.21. The van der Waals surface area contributed by atoms with E-state index in [0.29, 0.717) is 13.0 Å². The fourth-order valence-electron chi connectivity index (χ4n) is 3.93. The summed E-state index contributed by atoms with van der Waals surface area (Å²) >= 11 is 0. The van der Waals surface area contributed by atoms with Crippen LogP contribution in [0.4, 0.5) is 11.4 Å². The Morgan fingerprint density at radius 1 is 0.964 bits per heavy atom. The molecule has 5 heteroatoms. The fraction of sp³-hybridized carbons (Fsp3) is 0.348. The van der Waals surface area contributed by atoms with Gasteiger partial charge in [-0.05, 0) is 36.2 Å². The zero-order chi connectivity index (χ0) is 19.3. The van der Waals surface area contributed by atoms with Crippen LogP contribution in [0.25, 0.3) is 10.9 Å². The first-order chi connectivity index (χ1) is 13.7. The summed E-state index contributed by atoms with van der Waals surface area (Å²) in [6.07, 6.45) is 2.51. The average Bonchev–Trinajstić information content (AvgIpc) is 3.16. The first kappa shape index (κ1) is 18.6. The number of nitrogens with one attached hydrogen (secondary N) is 1. The highest BCUT2D eigenvalue weighted by atomic mass is 16.1. The molecule has 0 unspecified atom stereocenters. The summed E-state index contributed by atoms with van der Waals surface area (Å²) in [4.78, 5) is 17.5. The first-order valence-electron chi connectivity index (χ1n) is 10.1. The number of para-hydroxylation sites is 3. The van der Waals surface area contributed by atoms with Gasteiger partial charge >= 0.3 is 0 Å². The molecule has 0 aliphatic carbocycles. The molecule has 4 rings (SSSR count). The predicted octanol–water partition coefficient (Wildman–Crippen LogP) is 3.81. The van der Waals surface area contributed by atoms with Crippen molar-refractivity contribution in [2.45, 2.75) is 19.9 Å². The molecular weight excluding hydrogens is 348 g/mol. The van der Waals surface area contributed by atoms with Crippen molar-refractivity contribution >= 4 is 28.2 Å². The predicted molar refractivity (Wildman–Crippen MR) is 116 cm³/mol. The van der Waals surface area contributed by atoms with E-state index >= 15 is 0 Å². The number of fused-ring (bicyclic) bond motifs is 1. The van der Waals surface area contributed by atoms with E-state index in [1.54, 1.807) is 0 Å². The van der Waals surface area contributed by atoms with E-state index in [-0.39, 0.29) is 5.91 Å². The summed E-state index contributed by atoms with van der Waals surface area (Å²) in [6, 6.07) is 18.5. The molecule has 1 saturated heterocycles. The van der Waals surface area contributed by atoms with Crippen LogP contribution in [-0.2, 0) is 11.3 Å². The Morgan fingerprint density at radius 3 is 2.54 bits per heavy atom. The summed E-state index contributed by atoms with van der Waals surface area (Å²) in [5, 5.41) is 4.34. The molecule has 1 N–H and O–H groups in total. The van der Waals surface area contributed by atoms with Gasteiger partial charge in [-0.2, -0.15) is 0 Å². The Kier molecular flexibility index (Phi) is 5.63. The Morgan fingerprint density at radius 2 is 1.71 bits per heavy atom. The second kappa shape index (κ2) is 8.48. The number of hydrogen-bond acceptors (Lipinski definition) is 3. The highest BCUT2D eigenvalue weighted by molar-refractivity contribution is 5.94. The van der Waals surface area contributed by atoms with E-state index in [0.717, 1.165) is 44.1 Å². The first-order valence-corrected chi connectivity index (χ1v) is 10.1. The molecule has 0 bridgehead atoms. The van der Waals surface area contributed by atoms with Crippen LogP contribution in [-0.4, -0.2) is 48.1 Å². The molecule has 2 aromatic carbocycles. The highest BCUT2D eigenvalue weighted by Crippen LogP contribution is 2.27. The lowest BCUT2D eigenvalue weighted by Gasteiger charge is -2.36. The molecule has 5 nitrogen and oxygen atoms in total. The van der Waals surface area contributed by atoms with Gasteiger partial charge in [0, 0.05) is 50.9 Å². The summed E-state index contributed by atoms with van der Waals surface area (Å²) < 4.78 is 2.14. The van der Waals surface area contributed by atoms with Crippen molar-refractivity contribution in [3.63, 3.8) is 0 Å². The van der Waals surface area contributed by atoms with E-state index in [4.69, 9.17) is 0 Å². The molecule has 0 atom stereocenters. The third kappa shape index (κ3) is 4.04. The Labute approximate surface area is 166 Å². The lowest BCUT2D eigenvalue weighted by Crippen LogP contribution is -2.46. The molecule has 0 saturated carbocycles. The Balaban J connectivity index is 1.39. The van der Waals surface area contributed by atoms with Crippen LogP contribution in [0.3, 0.4) is 0 Å². The number of anilines is 2. The zero-order valence-corrected chi connectivity index (χ0v) is 16.5. The number of aryl methyl sites for hydroxylation is 1. The number of carbonyl (C=O) groups excluding carboxylic acids is 1. The third-order valence-corrected chi connectivity index (χ3v) is 5.60. The van der Waals surface area contributed by atoms with Crippen molar-refractivity contribution in [1.29, 1.82) is 0 Å². The van der Waals surface area contributed by atoms with Crippen molar-refractivity contribution < 1.29 is 4.79 Å². The number of benzene rings is 2. The van der Waals surface area contributed by atoms with Gasteiger partial charge in [-0.1, -0.05) is 37.3 Å². The van der Waals surface area contributed by atoms with Gasteiger partial charge in [0.25, 0.3) is 0 Å². The van der Waals surface area contributed by atoms with Crippen LogP contribution in [0, 0.1) is 0 Å². The van der Waals surface area contributed by atoms with Crippen molar-refractivity contribution in [2.75, 3.05) is 42.9 Å². The van der Waals surface area contributed by atoms with Gasteiger partial charge in [0.05, 0.1) is 11.4 Å². The lowest BCUT2D eigenvalue weighted by atomic mass is 10.2. The Bertz CT molecular complexity index is 940. The Hall–Kier alpha value is -2.79. The zero-order valence-electron chi connectivity index (χ0n) is 16.5. The minimum atomic E-state index is 0.0532. The van der Waals surface area contributed by atoms with E-state index in [2.05, 4.69) is 57.1 Å². The van der Waals surface area contributed by atoms with Crippen LogP contribution in [0.2, 0.25) is 0 Å². The quantitative estimate of drug-likeness (QED) is 0.711. The maximum absolute atomic E-state index is 12.6. The molecule has 0 radical (unpaired) electrons. The number of carbonyl (C=O) groups is 1. The molecule has 0 spiro atoms. The molecule has 1 aromatic heterocycles. The van der Waals surface area contributed by atoms with E-state index in [9.17, 15) is 4.79 Å². The van der Waals surface area contributed by atoms with Crippen LogP contribution >= 0.6 is 0 Å². The number of rotatable bonds is 6. The second-order valence-corrected chi connectivity index (χ2v) is 7.30.